The highest BCUT2D eigenvalue weighted by Gasteiger charge is 1.88. The quantitative estimate of drug-likeness (QED) is 0.708. The molecule has 0 unspecified atom stereocenters. The van der Waals surface area contributed by atoms with Crippen LogP contribution in [0.4, 0.5) is 0 Å². The first-order chi connectivity index (χ1) is 6.86. The van der Waals surface area contributed by atoms with Crippen LogP contribution < -0.4 is 5.73 Å². The second-order valence-corrected chi connectivity index (χ2v) is 3.43. The molecule has 0 spiro atoms. The average molecular weight is 189 g/mol. The van der Waals surface area contributed by atoms with E-state index in [0.29, 0.717) is 0 Å². The molecule has 0 aliphatic rings. The van der Waals surface area contributed by atoms with E-state index in [-0.39, 0.29) is 0 Å². The molecule has 0 atom stereocenters. The standard InChI is InChI=1S/C13H19N/c1-2-12-7-9-13(10-8-12)6-4-3-5-11-14/h4,6-10H,2-3,5,11,14H2,1H3/b6-4+. The van der Waals surface area contributed by atoms with Gasteiger partial charge in [-0.15, -0.1) is 0 Å². The van der Waals surface area contributed by atoms with Crippen molar-refractivity contribution >= 4 is 6.08 Å². The Kier molecular flexibility index (Phi) is 5.02. The third kappa shape index (κ3) is 3.75. The Morgan fingerprint density at radius 1 is 1.21 bits per heavy atom. The Balaban J connectivity index is 2.47. The fourth-order valence-corrected chi connectivity index (χ4v) is 1.32. The van der Waals surface area contributed by atoms with Gasteiger partial charge in [-0.1, -0.05) is 43.3 Å². The van der Waals surface area contributed by atoms with Crippen LogP contribution in [-0.4, -0.2) is 6.54 Å². The molecule has 0 aromatic heterocycles. The topological polar surface area (TPSA) is 26.0 Å². The number of benzene rings is 1. The zero-order chi connectivity index (χ0) is 10.2. The molecule has 0 saturated carbocycles. The van der Waals surface area contributed by atoms with Gasteiger partial charge < -0.3 is 5.73 Å². The molecule has 76 valence electrons. The summed E-state index contributed by atoms with van der Waals surface area (Å²) in [6, 6.07) is 8.70. The second-order valence-electron chi connectivity index (χ2n) is 3.43. The van der Waals surface area contributed by atoms with Crippen molar-refractivity contribution < 1.29 is 0 Å². The molecule has 0 heterocycles. The van der Waals surface area contributed by atoms with Gasteiger partial charge in [0.05, 0.1) is 0 Å². The number of nitrogens with two attached hydrogens (primary N) is 1. The van der Waals surface area contributed by atoms with Crippen molar-refractivity contribution in [3.63, 3.8) is 0 Å². The summed E-state index contributed by atoms with van der Waals surface area (Å²) in [6.45, 7) is 2.95. The minimum atomic E-state index is 0.777. The average Bonchev–Trinajstić information content (AvgIpc) is 2.25. The van der Waals surface area contributed by atoms with Crippen LogP contribution in [0.2, 0.25) is 0 Å². The predicted octanol–water partition coefficient (Wildman–Crippen LogP) is 3.00. The van der Waals surface area contributed by atoms with Gasteiger partial charge >= 0.3 is 0 Å². The smallest absolute Gasteiger partial charge is 0.00743 e. The lowest BCUT2D eigenvalue weighted by molar-refractivity contribution is 0.857. The molecule has 1 heteroatoms. The molecule has 1 nitrogen and oxygen atoms in total. The lowest BCUT2D eigenvalue weighted by atomic mass is 10.1. The maximum absolute atomic E-state index is 5.41. The van der Waals surface area contributed by atoms with Crippen LogP contribution in [-0.2, 0) is 6.42 Å². The molecule has 0 fully saturated rings. The van der Waals surface area contributed by atoms with Gasteiger partial charge in [0.25, 0.3) is 0 Å². The van der Waals surface area contributed by atoms with Gasteiger partial charge in [-0.2, -0.15) is 0 Å². The van der Waals surface area contributed by atoms with E-state index in [2.05, 4.69) is 43.3 Å². The van der Waals surface area contributed by atoms with Crippen LogP contribution in [0.25, 0.3) is 6.08 Å². The lowest BCUT2D eigenvalue weighted by Crippen LogP contribution is -1.96. The van der Waals surface area contributed by atoms with Crippen LogP contribution in [0, 0.1) is 0 Å². The molecular formula is C13H19N. The monoisotopic (exact) mass is 189 g/mol. The van der Waals surface area contributed by atoms with Gasteiger partial charge in [0.15, 0.2) is 0 Å². The summed E-state index contributed by atoms with van der Waals surface area (Å²) >= 11 is 0. The predicted molar refractivity (Wildman–Crippen MR) is 63.1 cm³/mol. The Morgan fingerprint density at radius 2 is 1.93 bits per heavy atom. The number of hydrogen-bond acceptors (Lipinski definition) is 1. The molecule has 0 saturated heterocycles. The Morgan fingerprint density at radius 3 is 2.50 bits per heavy atom. The molecule has 0 aliphatic carbocycles. The summed E-state index contributed by atoms with van der Waals surface area (Å²) in [7, 11) is 0. The van der Waals surface area contributed by atoms with Crippen molar-refractivity contribution in [2.45, 2.75) is 26.2 Å². The van der Waals surface area contributed by atoms with Gasteiger partial charge in [0.2, 0.25) is 0 Å². The molecule has 0 aliphatic heterocycles. The van der Waals surface area contributed by atoms with E-state index in [9.17, 15) is 0 Å². The highest BCUT2D eigenvalue weighted by Crippen LogP contribution is 2.07. The van der Waals surface area contributed by atoms with Crippen molar-refractivity contribution in [1.29, 1.82) is 0 Å². The van der Waals surface area contributed by atoms with Crippen molar-refractivity contribution in [1.82, 2.24) is 0 Å². The van der Waals surface area contributed by atoms with Crippen LogP contribution in [0.3, 0.4) is 0 Å². The van der Waals surface area contributed by atoms with E-state index < -0.39 is 0 Å². The van der Waals surface area contributed by atoms with E-state index in [4.69, 9.17) is 5.73 Å². The molecular weight excluding hydrogens is 170 g/mol. The van der Waals surface area contributed by atoms with E-state index in [1.54, 1.807) is 0 Å². The highest BCUT2D eigenvalue weighted by atomic mass is 14.5. The summed E-state index contributed by atoms with van der Waals surface area (Å²) in [5.41, 5.74) is 8.08. The molecule has 14 heavy (non-hydrogen) atoms. The SMILES string of the molecule is CCc1ccc(/C=C/CCCN)cc1. The van der Waals surface area contributed by atoms with Gasteiger partial charge in [0, 0.05) is 0 Å². The largest absolute Gasteiger partial charge is 0.330 e. The van der Waals surface area contributed by atoms with Crippen molar-refractivity contribution in [2.75, 3.05) is 6.54 Å². The van der Waals surface area contributed by atoms with Crippen molar-refractivity contribution in [2.24, 2.45) is 5.73 Å². The van der Waals surface area contributed by atoms with Gasteiger partial charge in [-0.3, -0.25) is 0 Å². The van der Waals surface area contributed by atoms with E-state index >= 15 is 0 Å². The van der Waals surface area contributed by atoms with Crippen LogP contribution in [0.5, 0.6) is 0 Å². The van der Waals surface area contributed by atoms with Crippen LogP contribution in [0.1, 0.15) is 30.9 Å². The minimum Gasteiger partial charge on any atom is -0.330 e. The molecule has 0 bridgehead atoms. The Labute approximate surface area is 86.6 Å². The van der Waals surface area contributed by atoms with Crippen molar-refractivity contribution in [3.05, 3.63) is 41.5 Å². The van der Waals surface area contributed by atoms with Gasteiger partial charge in [0.1, 0.15) is 0 Å². The first-order valence-corrected chi connectivity index (χ1v) is 5.32. The maximum Gasteiger partial charge on any atom is -0.00743 e. The van der Waals surface area contributed by atoms with Gasteiger partial charge in [-0.05, 0) is 36.9 Å². The molecule has 2 N–H and O–H groups in total. The molecule has 1 aromatic rings. The second kappa shape index (κ2) is 6.39. The minimum absolute atomic E-state index is 0.777. The lowest BCUT2D eigenvalue weighted by Gasteiger charge is -1.97. The van der Waals surface area contributed by atoms with Crippen LogP contribution >= 0.6 is 0 Å². The molecule has 1 aromatic carbocycles. The third-order valence-electron chi connectivity index (χ3n) is 2.27. The number of hydrogen-bond donors (Lipinski definition) is 1. The Hall–Kier alpha value is -1.08. The first kappa shape index (κ1) is 11.0. The Bertz CT molecular complexity index is 272. The number of rotatable bonds is 5. The number of allylic oxidation sites excluding steroid dienone is 1. The molecule has 0 amide bonds. The fourth-order valence-electron chi connectivity index (χ4n) is 1.32. The van der Waals surface area contributed by atoms with Gasteiger partial charge in [-0.25, -0.2) is 0 Å². The summed E-state index contributed by atoms with van der Waals surface area (Å²) in [5, 5.41) is 0. The van der Waals surface area contributed by atoms with E-state index in [1.807, 2.05) is 0 Å². The van der Waals surface area contributed by atoms with Crippen molar-refractivity contribution in [3.8, 4) is 0 Å². The summed E-state index contributed by atoms with van der Waals surface area (Å²) < 4.78 is 0. The summed E-state index contributed by atoms with van der Waals surface area (Å²) in [5.74, 6) is 0. The molecule has 1 rings (SSSR count). The zero-order valence-electron chi connectivity index (χ0n) is 8.87. The van der Waals surface area contributed by atoms with Crippen LogP contribution in [0.15, 0.2) is 30.3 Å². The number of aryl methyl sites for hydroxylation is 1. The summed E-state index contributed by atoms with van der Waals surface area (Å²) in [6.07, 6.45) is 7.61. The number of unbranched alkanes of at least 4 members (excludes halogenated alkanes) is 1. The third-order valence-corrected chi connectivity index (χ3v) is 2.27. The highest BCUT2D eigenvalue weighted by molar-refractivity contribution is 5.49. The fraction of sp³-hybridized carbons (Fsp3) is 0.385. The normalized spacial score (nSPS) is 11.0. The summed E-state index contributed by atoms with van der Waals surface area (Å²) in [4.78, 5) is 0. The maximum atomic E-state index is 5.41. The molecule has 0 radical (unpaired) electrons. The van der Waals surface area contributed by atoms with E-state index in [0.717, 1.165) is 25.8 Å². The first-order valence-electron chi connectivity index (χ1n) is 5.32. The van der Waals surface area contributed by atoms with E-state index in [1.165, 1.54) is 11.1 Å². The zero-order valence-corrected chi connectivity index (χ0v) is 8.87.